The van der Waals surface area contributed by atoms with Gasteiger partial charge in [0.25, 0.3) is 0 Å². The first-order valence-corrected chi connectivity index (χ1v) is 11.4. The number of rotatable bonds is 6. The highest BCUT2D eigenvalue weighted by atomic mass is 32.1. The number of nitrogens with zero attached hydrogens (tertiary/aromatic N) is 2. The molecule has 6 nitrogen and oxygen atoms in total. The highest BCUT2D eigenvalue weighted by molar-refractivity contribution is 7.09. The third kappa shape index (κ3) is 6.79. The quantitative estimate of drug-likeness (QED) is 0.382. The summed E-state index contributed by atoms with van der Waals surface area (Å²) in [6, 6.07) is 4.09. The zero-order valence-electron chi connectivity index (χ0n) is 20.0. The van der Waals surface area contributed by atoms with E-state index < -0.39 is 5.60 Å². The number of esters is 1. The summed E-state index contributed by atoms with van der Waals surface area (Å²) in [5, 5.41) is 2.82. The number of carbonyl (C=O) groups excluding carboxylic acids is 2. The normalized spacial score (nSPS) is 11.7. The van der Waals surface area contributed by atoms with Gasteiger partial charge >= 0.3 is 12.1 Å². The molecule has 1 amide bonds. The van der Waals surface area contributed by atoms with Crippen molar-refractivity contribution in [1.29, 1.82) is 0 Å². The van der Waals surface area contributed by atoms with Crippen LogP contribution >= 0.6 is 11.3 Å². The van der Waals surface area contributed by atoms with E-state index in [0.29, 0.717) is 12.3 Å². The van der Waals surface area contributed by atoms with Gasteiger partial charge in [0.05, 0.1) is 12.2 Å². The molecule has 1 heterocycles. The van der Waals surface area contributed by atoms with Crippen molar-refractivity contribution in [2.24, 2.45) is 0 Å². The van der Waals surface area contributed by atoms with E-state index in [1.165, 1.54) is 23.2 Å². The third-order valence-corrected chi connectivity index (χ3v) is 5.39. The largest absolute Gasteiger partial charge is 0.444 e. The van der Waals surface area contributed by atoms with Gasteiger partial charge in [-0.3, -0.25) is 4.79 Å². The summed E-state index contributed by atoms with van der Waals surface area (Å²) in [6.07, 6.45) is -0.376. The van der Waals surface area contributed by atoms with Crippen LogP contribution in [0, 0.1) is 0 Å². The van der Waals surface area contributed by atoms with Gasteiger partial charge in [-0.05, 0) is 55.9 Å². The number of hydrogen-bond donors (Lipinski definition) is 0. The molecule has 1 aromatic carbocycles. The number of amides is 1. The molecule has 0 unspecified atom stereocenters. The number of benzene rings is 1. The Morgan fingerprint density at radius 2 is 1.65 bits per heavy atom. The van der Waals surface area contributed by atoms with Crippen LogP contribution in [-0.2, 0) is 16.1 Å². The van der Waals surface area contributed by atoms with Crippen molar-refractivity contribution >= 4 is 23.4 Å². The summed E-state index contributed by atoms with van der Waals surface area (Å²) < 4.78 is 11.0. The second-order valence-corrected chi connectivity index (χ2v) is 10.3. The van der Waals surface area contributed by atoms with Crippen molar-refractivity contribution in [3.8, 4) is 17.0 Å². The zero-order valence-corrected chi connectivity index (χ0v) is 20.8. The molecule has 0 N–H and O–H groups in total. The molecule has 0 bridgehead atoms. The molecule has 0 radical (unpaired) electrons. The van der Waals surface area contributed by atoms with Gasteiger partial charge in [-0.15, -0.1) is 11.3 Å². The van der Waals surface area contributed by atoms with E-state index in [-0.39, 0.29) is 23.9 Å². The van der Waals surface area contributed by atoms with Gasteiger partial charge in [0.15, 0.2) is 0 Å². The van der Waals surface area contributed by atoms with Gasteiger partial charge in [-0.1, -0.05) is 27.7 Å². The minimum atomic E-state index is -0.538. The molecule has 7 heteroatoms. The Kier molecular flexibility index (Phi) is 7.87. The average molecular weight is 447 g/mol. The molecule has 0 saturated heterocycles. The minimum absolute atomic E-state index is 0.184. The van der Waals surface area contributed by atoms with Crippen LogP contribution in [0.3, 0.4) is 0 Å². The van der Waals surface area contributed by atoms with Crippen molar-refractivity contribution in [3.63, 3.8) is 0 Å². The third-order valence-electron chi connectivity index (χ3n) is 4.56. The van der Waals surface area contributed by atoms with Crippen molar-refractivity contribution in [2.75, 3.05) is 7.05 Å². The maximum absolute atomic E-state index is 12.2. The SMILES string of the molecule is CC(=O)Oc1c(C(C)C)cc(-c2csc(CN(C)C(=O)OC(C)(C)C)n2)cc1C(C)C. The van der Waals surface area contributed by atoms with E-state index in [2.05, 4.69) is 27.7 Å². The summed E-state index contributed by atoms with van der Waals surface area (Å²) in [5.74, 6) is 0.699. The highest BCUT2D eigenvalue weighted by Gasteiger charge is 2.22. The van der Waals surface area contributed by atoms with E-state index >= 15 is 0 Å². The second-order valence-electron chi connectivity index (χ2n) is 9.35. The van der Waals surface area contributed by atoms with Gasteiger partial charge in [-0.25, -0.2) is 9.78 Å². The highest BCUT2D eigenvalue weighted by Crippen LogP contribution is 2.39. The van der Waals surface area contributed by atoms with Crippen molar-refractivity contribution in [2.45, 2.75) is 79.4 Å². The van der Waals surface area contributed by atoms with Crippen LogP contribution in [0.2, 0.25) is 0 Å². The number of aromatic nitrogens is 1. The minimum Gasteiger partial charge on any atom is -0.444 e. The van der Waals surface area contributed by atoms with Crippen molar-refractivity contribution in [1.82, 2.24) is 9.88 Å². The van der Waals surface area contributed by atoms with E-state index in [9.17, 15) is 9.59 Å². The maximum atomic E-state index is 12.2. The Morgan fingerprint density at radius 1 is 1.10 bits per heavy atom. The van der Waals surface area contributed by atoms with Crippen molar-refractivity contribution < 1.29 is 19.1 Å². The molecule has 0 atom stereocenters. The lowest BCUT2D eigenvalue weighted by Gasteiger charge is -2.24. The predicted octanol–water partition coefficient (Wildman–Crippen LogP) is 6.35. The summed E-state index contributed by atoms with van der Waals surface area (Å²) in [6.45, 7) is 15.7. The molecule has 0 aliphatic carbocycles. The first kappa shape index (κ1) is 24.9. The second kappa shape index (κ2) is 9.81. The van der Waals surface area contributed by atoms with E-state index in [0.717, 1.165) is 27.4 Å². The van der Waals surface area contributed by atoms with Gasteiger partial charge < -0.3 is 14.4 Å². The molecule has 0 aliphatic heterocycles. The fourth-order valence-electron chi connectivity index (χ4n) is 3.07. The first-order valence-electron chi connectivity index (χ1n) is 10.5. The molecule has 0 saturated carbocycles. The fraction of sp³-hybridized carbons (Fsp3) is 0.542. The molecule has 31 heavy (non-hydrogen) atoms. The van der Waals surface area contributed by atoms with E-state index in [1.807, 2.05) is 38.3 Å². The molecular weight excluding hydrogens is 412 g/mol. The summed E-state index contributed by atoms with van der Waals surface area (Å²) in [4.78, 5) is 30.2. The van der Waals surface area contributed by atoms with Crippen LogP contribution in [0.1, 0.15) is 83.4 Å². The van der Waals surface area contributed by atoms with Gasteiger partial charge in [-0.2, -0.15) is 0 Å². The topological polar surface area (TPSA) is 68.7 Å². The maximum Gasteiger partial charge on any atom is 0.410 e. The lowest BCUT2D eigenvalue weighted by Crippen LogP contribution is -2.33. The molecule has 2 rings (SSSR count). The summed E-state index contributed by atoms with van der Waals surface area (Å²) in [5.41, 5.74) is 3.25. The summed E-state index contributed by atoms with van der Waals surface area (Å²) >= 11 is 1.51. The molecule has 2 aromatic rings. The molecule has 0 spiro atoms. The Morgan fingerprint density at radius 3 is 2.10 bits per heavy atom. The summed E-state index contributed by atoms with van der Waals surface area (Å²) in [7, 11) is 1.71. The molecular formula is C24H34N2O4S. The van der Waals surface area contributed by atoms with Gasteiger partial charge in [0.1, 0.15) is 16.4 Å². The van der Waals surface area contributed by atoms with Crippen LogP contribution in [0.5, 0.6) is 5.75 Å². The van der Waals surface area contributed by atoms with Gasteiger partial charge in [0, 0.05) is 24.9 Å². The monoisotopic (exact) mass is 446 g/mol. The van der Waals surface area contributed by atoms with Crippen LogP contribution in [0.4, 0.5) is 4.79 Å². The number of carbonyl (C=O) groups is 2. The zero-order chi connectivity index (χ0) is 23.5. The van der Waals surface area contributed by atoms with Crippen molar-refractivity contribution in [3.05, 3.63) is 33.6 Å². The molecule has 0 aliphatic rings. The first-order chi connectivity index (χ1) is 14.3. The predicted molar refractivity (Wildman–Crippen MR) is 125 cm³/mol. The molecule has 170 valence electrons. The Hall–Kier alpha value is -2.41. The number of ether oxygens (including phenoxy) is 2. The Labute approximate surface area is 189 Å². The van der Waals surface area contributed by atoms with Gasteiger partial charge in [0.2, 0.25) is 0 Å². The lowest BCUT2D eigenvalue weighted by molar-refractivity contribution is -0.132. The number of thiazole rings is 1. The molecule has 0 fully saturated rings. The fourth-order valence-corrected chi connectivity index (χ4v) is 3.92. The van der Waals surface area contributed by atoms with Crippen LogP contribution in [0.15, 0.2) is 17.5 Å². The standard InChI is InChI=1S/C24H34N2O4S/c1-14(2)18-10-17(11-19(15(3)4)22(18)29-16(5)27)20-13-31-21(25-20)12-26(9)23(28)30-24(6,7)8/h10-11,13-15H,12H2,1-9H3. The van der Waals surface area contributed by atoms with Crippen LogP contribution in [0.25, 0.3) is 11.3 Å². The Bertz CT molecular complexity index is 912. The number of hydrogen-bond acceptors (Lipinski definition) is 6. The molecule has 1 aromatic heterocycles. The van der Waals surface area contributed by atoms with E-state index in [4.69, 9.17) is 14.5 Å². The smallest absolute Gasteiger partial charge is 0.410 e. The Balaban J connectivity index is 2.36. The van der Waals surface area contributed by atoms with E-state index in [1.54, 1.807) is 7.05 Å². The average Bonchev–Trinajstić information content (AvgIpc) is 3.07. The van der Waals surface area contributed by atoms with Crippen LogP contribution < -0.4 is 4.74 Å². The van der Waals surface area contributed by atoms with Crippen LogP contribution in [-0.4, -0.2) is 34.6 Å². The lowest BCUT2D eigenvalue weighted by atomic mass is 9.90.